The van der Waals surface area contributed by atoms with Crippen molar-refractivity contribution in [3.63, 3.8) is 0 Å². The average molecular weight is 665 g/mol. The third kappa shape index (κ3) is 4.83. The van der Waals surface area contributed by atoms with Gasteiger partial charge < -0.3 is 0 Å². The lowest BCUT2D eigenvalue weighted by atomic mass is 9.86. The fraction of sp³-hybridized carbons (Fsp3) is 0.0600. The van der Waals surface area contributed by atoms with Crippen LogP contribution in [-0.4, -0.2) is 9.55 Å². The van der Waals surface area contributed by atoms with Crippen LogP contribution in [0.25, 0.3) is 94.6 Å². The SMILES string of the molecule is CCc1nc2ccccc2n1-c1ccc(-c2c3c(c(-c4ccc5cc(-c6ccccc6)c6ccccc6c5c4)c4ccccc24)=CC=CCC=3)cc1. The van der Waals surface area contributed by atoms with E-state index < -0.39 is 0 Å². The van der Waals surface area contributed by atoms with E-state index in [1.165, 1.54) is 76.1 Å². The van der Waals surface area contributed by atoms with Gasteiger partial charge in [-0.15, -0.1) is 0 Å². The first-order valence-corrected chi connectivity index (χ1v) is 18.3. The Balaban J connectivity index is 1.19. The normalized spacial score (nSPS) is 12.6. The summed E-state index contributed by atoms with van der Waals surface area (Å²) in [5.41, 5.74) is 10.8. The maximum Gasteiger partial charge on any atom is 0.114 e. The summed E-state index contributed by atoms with van der Waals surface area (Å²) in [6.45, 7) is 2.18. The Morgan fingerprint density at radius 3 is 2.02 bits per heavy atom. The Labute approximate surface area is 303 Å². The number of nitrogens with zero attached hydrogens (tertiary/aromatic N) is 2. The van der Waals surface area contributed by atoms with Gasteiger partial charge in [0.25, 0.3) is 0 Å². The summed E-state index contributed by atoms with van der Waals surface area (Å²) >= 11 is 0. The molecule has 2 nitrogen and oxygen atoms in total. The molecule has 2 heteroatoms. The van der Waals surface area contributed by atoms with Gasteiger partial charge in [0.05, 0.1) is 11.0 Å². The molecule has 246 valence electrons. The third-order valence-electron chi connectivity index (χ3n) is 10.7. The number of hydrogen-bond donors (Lipinski definition) is 0. The summed E-state index contributed by atoms with van der Waals surface area (Å²) in [6, 6.07) is 55.5. The molecular formula is C50H36N2. The molecule has 0 spiro atoms. The van der Waals surface area contributed by atoms with E-state index in [2.05, 4.69) is 187 Å². The van der Waals surface area contributed by atoms with Crippen molar-refractivity contribution in [2.75, 3.05) is 0 Å². The van der Waals surface area contributed by atoms with Crippen LogP contribution in [0.4, 0.5) is 0 Å². The first kappa shape index (κ1) is 30.3. The van der Waals surface area contributed by atoms with Crippen molar-refractivity contribution in [1.29, 1.82) is 0 Å². The van der Waals surface area contributed by atoms with E-state index in [0.717, 1.165) is 35.4 Å². The smallest absolute Gasteiger partial charge is 0.114 e. The van der Waals surface area contributed by atoms with E-state index >= 15 is 0 Å². The van der Waals surface area contributed by atoms with Gasteiger partial charge in [-0.1, -0.05) is 146 Å². The Hall–Kier alpha value is -6.51. The molecule has 0 fully saturated rings. The molecule has 0 bridgehead atoms. The van der Waals surface area contributed by atoms with Crippen LogP contribution in [0.5, 0.6) is 0 Å². The van der Waals surface area contributed by atoms with Crippen LogP contribution in [0.1, 0.15) is 19.2 Å². The van der Waals surface area contributed by atoms with Crippen molar-refractivity contribution < 1.29 is 0 Å². The molecule has 0 radical (unpaired) electrons. The molecule has 0 N–H and O–H groups in total. The number of para-hydroxylation sites is 2. The highest BCUT2D eigenvalue weighted by Crippen LogP contribution is 2.38. The maximum atomic E-state index is 4.94. The van der Waals surface area contributed by atoms with Gasteiger partial charge in [-0.05, 0) is 119 Å². The van der Waals surface area contributed by atoms with Crippen LogP contribution in [0.3, 0.4) is 0 Å². The predicted molar refractivity (Wildman–Crippen MR) is 221 cm³/mol. The lowest BCUT2D eigenvalue weighted by Crippen LogP contribution is -2.29. The molecule has 0 atom stereocenters. The monoisotopic (exact) mass is 664 g/mol. The molecule has 52 heavy (non-hydrogen) atoms. The summed E-state index contributed by atoms with van der Waals surface area (Å²) in [5, 5.41) is 10.2. The fourth-order valence-electron chi connectivity index (χ4n) is 8.41. The number of hydrogen-bond acceptors (Lipinski definition) is 1. The molecule has 1 aliphatic rings. The highest BCUT2D eigenvalue weighted by atomic mass is 15.1. The maximum absolute atomic E-state index is 4.94. The van der Waals surface area contributed by atoms with Gasteiger partial charge in [-0.3, -0.25) is 4.57 Å². The van der Waals surface area contributed by atoms with Crippen molar-refractivity contribution in [3.8, 4) is 39.1 Å². The molecule has 0 amide bonds. The quantitative estimate of drug-likeness (QED) is 0.167. The predicted octanol–water partition coefficient (Wildman–Crippen LogP) is 11.6. The third-order valence-corrected chi connectivity index (χ3v) is 10.7. The van der Waals surface area contributed by atoms with Gasteiger partial charge in [0.1, 0.15) is 5.82 Å². The van der Waals surface area contributed by atoms with E-state index in [-0.39, 0.29) is 0 Å². The molecule has 0 saturated carbocycles. The number of allylic oxidation sites excluding steroid dienone is 2. The molecule has 0 unspecified atom stereocenters. The molecule has 1 heterocycles. The van der Waals surface area contributed by atoms with E-state index in [9.17, 15) is 0 Å². The molecule has 1 aromatic heterocycles. The molecule has 1 aliphatic carbocycles. The standard InChI is InChI=1S/C50H36N2/c1-2-48-51-46-23-13-14-24-47(46)52(48)37-29-27-34(28-30-37)49-40-19-7-4-8-20-42(40)50(43-22-12-11-21-41(43)49)36-26-25-35-31-44(33-15-5-3-6-16-33)38-17-9-10-18-39(38)45(35)32-36/h3-6,8-32H,2,7H2,1H3. The second kappa shape index (κ2) is 12.4. The molecule has 8 aromatic carbocycles. The highest BCUT2D eigenvalue weighted by molar-refractivity contribution is 6.15. The van der Waals surface area contributed by atoms with Gasteiger partial charge >= 0.3 is 0 Å². The van der Waals surface area contributed by atoms with Crippen molar-refractivity contribution in [3.05, 3.63) is 180 Å². The topological polar surface area (TPSA) is 17.8 Å². The average Bonchev–Trinajstić information content (AvgIpc) is 3.42. The Kier molecular flexibility index (Phi) is 7.21. The number of imidazole rings is 1. The van der Waals surface area contributed by atoms with Gasteiger partial charge in [-0.25, -0.2) is 4.98 Å². The Morgan fingerprint density at radius 2 is 1.23 bits per heavy atom. The van der Waals surface area contributed by atoms with E-state index in [1.807, 2.05) is 0 Å². The summed E-state index contributed by atoms with van der Waals surface area (Å²) in [5.74, 6) is 1.08. The lowest BCUT2D eigenvalue weighted by Gasteiger charge is -2.17. The second-order valence-corrected chi connectivity index (χ2v) is 13.7. The Morgan fingerprint density at radius 1 is 0.558 bits per heavy atom. The molecule has 0 aliphatic heterocycles. The zero-order chi connectivity index (χ0) is 34.6. The minimum Gasteiger partial charge on any atom is -0.296 e. The van der Waals surface area contributed by atoms with Crippen molar-refractivity contribution >= 4 is 55.5 Å². The van der Waals surface area contributed by atoms with Crippen LogP contribution in [0.15, 0.2) is 164 Å². The van der Waals surface area contributed by atoms with Gasteiger partial charge in [0.2, 0.25) is 0 Å². The second-order valence-electron chi connectivity index (χ2n) is 13.7. The van der Waals surface area contributed by atoms with E-state index in [4.69, 9.17) is 4.98 Å². The number of benzene rings is 8. The summed E-state index contributed by atoms with van der Waals surface area (Å²) in [6.07, 6.45) is 11.0. The minimum atomic E-state index is 0.868. The lowest BCUT2D eigenvalue weighted by molar-refractivity contribution is 0.908. The first-order chi connectivity index (χ1) is 25.8. The minimum absolute atomic E-state index is 0.868. The molecular weight excluding hydrogens is 629 g/mol. The van der Waals surface area contributed by atoms with Crippen LogP contribution >= 0.6 is 0 Å². The number of aromatic nitrogens is 2. The van der Waals surface area contributed by atoms with Crippen molar-refractivity contribution in [2.45, 2.75) is 19.8 Å². The van der Waals surface area contributed by atoms with Crippen molar-refractivity contribution in [2.24, 2.45) is 0 Å². The largest absolute Gasteiger partial charge is 0.296 e. The molecule has 0 saturated heterocycles. The van der Waals surface area contributed by atoms with E-state index in [1.54, 1.807) is 0 Å². The first-order valence-electron chi connectivity index (χ1n) is 18.3. The van der Waals surface area contributed by atoms with Gasteiger partial charge in [0, 0.05) is 12.1 Å². The zero-order valence-corrected chi connectivity index (χ0v) is 29.1. The zero-order valence-electron chi connectivity index (χ0n) is 29.1. The number of aryl methyl sites for hydroxylation is 1. The highest BCUT2D eigenvalue weighted by Gasteiger charge is 2.18. The van der Waals surface area contributed by atoms with Crippen LogP contribution in [-0.2, 0) is 6.42 Å². The number of fused-ring (bicyclic) bond motifs is 6. The van der Waals surface area contributed by atoms with Crippen LogP contribution in [0, 0.1) is 0 Å². The fourth-order valence-corrected chi connectivity index (χ4v) is 8.41. The summed E-state index contributed by atoms with van der Waals surface area (Å²) in [4.78, 5) is 4.94. The van der Waals surface area contributed by atoms with Crippen LogP contribution in [0.2, 0.25) is 0 Å². The van der Waals surface area contributed by atoms with E-state index in [0.29, 0.717) is 0 Å². The van der Waals surface area contributed by atoms with Gasteiger partial charge in [-0.2, -0.15) is 0 Å². The van der Waals surface area contributed by atoms with Crippen LogP contribution < -0.4 is 10.4 Å². The molecule has 9 aromatic rings. The molecule has 10 rings (SSSR count). The Bertz CT molecular complexity index is 3000. The number of rotatable bonds is 5. The summed E-state index contributed by atoms with van der Waals surface area (Å²) < 4.78 is 2.30. The van der Waals surface area contributed by atoms with Gasteiger partial charge in [0.15, 0.2) is 0 Å². The van der Waals surface area contributed by atoms with Crippen molar-refractivity contribution in [1.82, 2.24) is 9.55 Å². The summed E-state index contributed by atoms with van der Waals surface area (Å²) in [7, 11) is 0.